The zero-order valence-electron chi connectivity index (χ0n) is 21.4. The van der Waals surface area contributed by atoms with Crippen molar-refractivity contribution < 1.29 is 39.3 Å². The zero-order chi connectivity index (χ0) is 28.6. The molecule has 0 bridgehead atoms. The van der Waals surface area contributed by atoms with E-state index < -0.39 is 72.3 Å². The second-order valence-corrected chi connectivity index (χ2v) is 9.27. The maximum atomic E-state index is 13.1. The van der Waals surface area contributed by atoms with Gasteiger partial charge in [-0.3, -0.25) is 19.2 Å². The van der Waals surface area contributed by atoms with E-state index in [1.807, 2.05) is 29.6 Å². The Morgan fingerprint density at radius 2 is 1.58 bits per heavy atom. The van der Waals surface area contributed by atoms with Crippen LogP contribution in [0.1, 0.15) is 39.2 Å². The molecule has 0 fully saturated rings. The minimum Gasteiger partial charge on any atom is -0.481 e. The van der Waals surface area contributed by atoms with E-state index in [0.717, 1.165) is 23.4 Å². The molecular weight excluding hydrogens is 498 g/mol. The van der Waals surface area contributed by atoms with Crippen LogP contribution in [0.3, 0.4) is 0 Å². The number of carbonyl (C=O) groups excluding carboxylic acids is 3. The molecule has 0 radical (unpaired) electrons. The number of aromatic amines is 1. The van der Waals surface area contributed by atoms with Crippen LogP contribution in [0, 0.1) is 5.92 Å². The van der Waals surface area contributed by atoms with Crippen LogP contribution in [0.25, 0.3) is 10.9 Å². The molecule has 1 aromatic carbocycles. The number of carbonyl (C=O) groups is 5. The van der Waals surface area contributed by atoms with Gasteiger partial charge in [0, 0.05) is 17.1 Å². The number of aromatic nitrogens is 1. The van der Waals surface area contributed by atoms with Crippen molar-refractivity contribution >= 4 is 40.6 Å². The van der Waals surface area contributed by atoms with Crippen LogP contribution in [0.2, 0.25) is 0 Å². The number of amides is 3. The molecule has 2 rings (SSSR count). The highest BCUT2D eigenvalue weighted by Crippen LogP contribution is 2.19. The first kappa shape index (κ1) is 30.3. The number of aliphatic carboxylic acids is 2. The van der Waals surface area contributed by atoms with Crippen molar-refractivity contribution in [2.24, 2.45) is 11.7 Å². The summed E-state index contributed by atoms with van der Waals surface area (Å²) in [6.07, 6.45) is 0.0528. The maximum Gasteiger partial charge on any atom is 0.328 e. The van der Waals surface area contributed by atoms with Crippen molar-refractivity contribution in [1.29, 1.82) is 0 Å². The number of carboxylic acids is 2. The summed E-state index contributed by atoms with van der Waals surface area (Å²) in [6, 6.07) is 1.96. The van der Waals surface area contributed by atoms with Gasteiger partial charge in [-0.15, -0.1) is 0 Å². The smallest absolute Gasteiger partial charge is 0.328 e. The standard InChI is InChI=1S/C25H35N5O8/c1-4-12(2)20(29-22(34)16(26)9-14-11-27-17-8-6-5-7-15(14)17)24(36)28-18(10-19(32)33)23(35)30-21(13(3)31)25(37)38/h5-8,11-13,16,18,20-21,27,31H,4,9-10,26H2,1-3H3,(H,28,36)(H,29,34)(H,30,35)(H,32,33)(H,37,38). The molecule has 6 atom stereocenters. The van der Waals surface area contributed by atoms with Gasteiger partial charge in [0.1, 0.15) is 12.1 Å². The lowest BCUT2D eigenvalue weighted by atomic mass is 9.96. The van der Waals surface area contributed by atoms with Crippen molar-refractivity contribution in [3.05, 3.63) is 36.0 Å². The quantitative estimate of drug-likeness (QED) is 0.156. The number of carboxylic acid groups (broad SMARTS) is 2. The van der Waals surface area contributed by atoms with E-state index in [1.54, 1.807) is 20.0 Å². The number of para-hydroxylation sites is 1. The molecule has 2 aromatic rings. The number of H-pyrrole nitrogens is 1. The van der Waals surface area contributed by atoms with Crippen LogP contribution in [0.5, 0.6) is 0 Å². The van der Waals surface area contributed by atoms with Gasteiger partial charge in [-0.1, -0.05) is 38.5 Å². The average molecular weight is 534 g/mol. The third-order valence-corrected chi connectivity index (χ3v) is 6.30. The van der Waals surface area contributed by atoms with Crippen molar-refractivity contribution in [1.82, 2.24) is 20.9 Å². The molecule has 0 aliphatic rings. The Morgan fingerprint density at radius 1 is 0.947 bits per heavy atom. The SMILES string of the molecule is CCC(C)C(NC(=O)C(N)Cc1c[nH]c2ccccc12)C(=O)NC(CC(=O)O)C(=O)NC(C(=O)O)C(C)O. The molecule has 208 valence electrons. The summed E-state index contributed by atoms with van der Waals surface area (Å²) in [5.41, 5.74) is 7.84. The molecule has 0 saturated heterocycles. The van der Waals surface area contributed by atoms with Crippen LogP contribution >= 0.6 is 0 Å². The summed E-state index contributed by atoms with van der Waals surface area (Å²) in [5.74, 6) is -5.95. The summed E-state index contributed by atoms with van der Waals surface area (Å²) in [4.78, 5) is 64.5. The highest BCUT2D eigenvalue weighted by atomic mass is 16.4. The summed E-state index contributed by atoms with van der Waals surface area (Å²) < 4.78 is 0. The number of aliphatic hydroxyl groups is 1. The minimum absolute atomic E-state index is 0.185. The Balaban J connectivity index is 2.16. The predicted molar refractivity (Wildman–Crippen MR) is 137 cm³/mol. The van der Waals surface area contributed by atoms with Crippen LogP contribution in [-0.4, -0.2) is 80.2 Å². The molecule has 1 aromatic heterocycles. The van der Waals surface area contributed by atoms with E-state index >= 15 is 0 Å². The fraction of sp³-hybridized carbons (Fsp3) is 0.480. The monoisotopic (exact) mass is 533 g/mol. The number of fused-ring (bicyclic) bond motifs is 1. The van der Waals surface area contributed by atoms with Gasteiger partial charge in [0.25, 0.3) is 0 Å². The first-order valence-corrected chi connectivity index (χ1v) is 12.2. The number of nitrogens with two attached hydrogens (primary N) is 1. The van der Waals surface area contributed by atoms with Gasteiger partial charge < -0.3 is 42.0 Å². The number of hydrogen-bond acceptors (Lipinski definition) is 7. The Hall–Kier alpha value is -3.97. The zero-order valence-corrected chi connectivity index (χ0v) is 21.4. The third kappa shape index (κ3) is 8.02. The van der Waals surface area contributed by atoms with E-state index in [4.69, 9.17) is 5.73 Å². The fourth-order valence-electron chi connectivity index (χ4n) is 3.88. The largest absolute Gasteiger partial charge is 0.481 e. The molecule has 9 N–H and O–H groups in total. The van der Waals surface area contributed by atoms with Crippen LogP contribution in [0.4, 0.5) is 0 Å². The fourth-order valence-corrected chi connectivity index (χ4v) is 3.88. The molecule has 1 heterocycles. The molecular formula is C25H35N5O8. The molecule has 0 aliphatic carbocycles. The summed E-state index contributed by atoms with van der Waals surface area (Å²) in [7, 11) is 0. The normalized spacial score (nSPS) is 15.9. The Bertz CT molecular complexity index is 1160. The number of benzene rings is 1. The first-order valence-electron chi connectivity index (χ1n) is 12.2. The lowest BCUT2D eigenvalue weighted by Crippen LogP contribution is -2.60. The van der Waals surface area contributed by atoms with E-state index in [0.29, 0.717) is 6.42 Å². The summed E-state index contributed by atoms with van der Waals surface area (Å²) in [6.45, 7) is 4.61. The van der Waals surface area contributed by atoms with Gasteiger partial charge in [0.05, 0.1) is 18.6 Å². The average Bonchev–Trinajstić information content (AvgIpc) is 3.26. The maximum absolute atomic E-state index is 13.1. The van der Waals surface area contributed by atoms with Crippen LogP contribution in [-0.2, 0) is 30.4 Å². The van der Waals surface area contributed by atoms with Gasteiger partial charge in [0.15, 0.2) is 6.04 Å². The molecule has 38 heavy (non-hydrogen) atoms. The van der Waals surface area contributed by atoms with E-state index in [2.05, 4.69) is 15.6 Å². The second-order valence-electron chi connectivity index (χ2n) is 9.27. The molecule has 0 saturated carbocycles. The van der Waals surface area contributed by atoms with E-state index in [1.165, 1.54) is 0 Å². The molecule has 13 heteroatoms. The lowest BCUT2D eigenvalue weighted by Gasteiger charge is -2.27. The minimum atomic E-state index is -1.72. The van der Waals surface area contributed by atoms with Gasteiger partial charge >= 0.3 is 11.9 Å². The van der Waals surface area contributed by atoms with Crippen molar-refractivity contribution in [3.8, 4) is 0 Å². The van der Waals surface area contributed by atoms with Gasteiger partial charge in [0.2, 0.25) is 17.7 Å². The van der Waals surface area contributed by atoms with Crippen molar-refractivity contribution in [2.45, 2.75) is 70.3 Å². The number of rotatable bonds is 14. The third-order valence-electron chi connectivity index (χ3n) is 6.30. The van der Waals surface area contributed by atoms with Gasteiger partial charge in [-0.05, 0) is 30.9 Å². The first-order chi connectivity index (χ1) is 17.8. The summed E-state index contributed by atoms with van der Waals surface area (Å²) in [5, 5.41) is 35.9. The van der Waals surface area contributed by atoms with Gasteiger partial charge in [-0.2, -0.15) is 0 Å². The Morgan fingerprint density at radius 3 is 2.16 bits per heavy atom. The lowest BCUT2D eigenvalue weighted by molar-refractivity contribution is -0.146. The van der Waals surface area contributed by atoms with Crippen molar-refractivity contribution in [2.75, 3.05) is 0 Å². The van der Waals surface area contributed by atoms with Crippen LogP contribution < -0.4 is 21.7 Å². The number of aliphatic hydroxyl groups excluding tert-OH is 1. The topological polar surface area (TPSA) is 224 Å². The molecule has 6 unspecified atom stereocenters. The highest BCUT2D eigenvalue weighted by Gasteiger charge is 2.34. The van der Waals surface area contributed by atoms with Crippen molar-refractivity contribution in [3.63, 3.8) is 0 Å². The predicted octanol–water partition coefficient (Wildman–Crippen LogP) is -0.522. The highest BCUT2D eigenvalue weighted by molar-refractivity contribution is 5.96. The number of nitrogens with one attached hydrogen (secondary N) is 4. The van der Waals surface area contributed by atoms with Gasteiger partial charge in [-0.25, -0.2) is 4.79 Å². The van der Waals surface area contributed by atoms with E-state index in [9.17, 15) is 39.3 Å². The summed E-state index contributed by atoms with van der Waals surface area (Å²) >= 11 is 0. The number of hydrogen-bond donors (Lipinski definition) is 8. The second kappa shape index (κ2) is 13.5. The Labute approximate surface area is 219 Å². The molecule has 0 spiro atoms. The van der Waals surface area contributed by atoms with Crippen LogP contribution in [0.15, 0.2) is 30.5 Å². The van der Waals surface area contributed by atoms with E-state index in [-0.39, 0.29) is 6.42 Å². The molecule has 3 amide bonds. The Kier molecular flexibility index (Phi) is 10.8. The molecule has 0 aliphatic heterocycles. The molecule has 13 nitrogen and oxygen atoms in total.